The number of carbonyl (C=O) groups excluding carboxylic acids is 1. The molecule has 0 radical (unpaired) electrons. The van der Waals surface area contributed by atoms with Gasteiger partial charge in [0.25, 0.3) is 0 Å². The highest BCUT2D eigenvalue weighted by Crippen LogP contribution is 2.34. The van der Waals surface area contributed by atoms with E-state index in [1.165, 1.54) is 19.3 Å². The van der Waals surface area contributed by atoms with E-state index in [1.807, 2.05) is 0 Å². The highest BCUT2D eigenvalue weighted by Gasteiger charge is 2.31. The van der Waals surface area contributed by atoms with Crippen molar-refractivity contribution in [2.24, 2.45) is 0 Å². The number of benzene rings is 1. The first-order valence-corrected chi connectivity index (χ1v) is 6.23. The van der Waals surface area contributed by atoms with Crippen molar-refractivity contribution in [2.75, 3.05) is 19.0 Å². The number of aromatic nitrogens is 1. The molecule has 21 heavy (non-hydrogen) atoms. The van der Waals surface area contributed by atoms with Crippen molar-refractivity contribution in [1.82, 2.24) is 4.98 Å². The fourth-order valence-electron chi connectivity index (χ4n) is 2.00. The van der Waals surface area contributed by atoms with E-state index in [0.717, 1.165) is 12.1 Å². The summed E-state index contributed by atoms with van der Waals surface area (Å²) in [7, 11) is 1.53. The van der Waals surface area contributed by atoms with Gasteiger partial charge in [-0.05, 0) is 25.1 Å². The van der Waals surface area contributed by atoms with Crippen LogP contribution in [0.5, 0.6) is 0 Å². The van der Waals surface area contributed by atoms with Crippen LogP contribution in [-0.2, 0) is 10.9 Å². The van der Waals surface area contributed by atoms with Crippen LogP contribution in [0.4, 0.5) is 18.9 Å². The predicted octanol–water partition coefficient (Wildman–Crippen LogP) is 3.47. The molecule has 0 saturated carbocycles. The number of hydrogen-bond acceptors (Lipinski definition) is 4. The highest BCUT2D eigenvalue weighted by atomic mass is 19.4. The topological polar surface area (TPSA) is 51.2 Å². The quantitative estimate of drug-likeness (QED) is 0.882. The number of rotatable bonds is 3. The van der Waals surface area contributed by atoms with E-state index in [4.69, 9.17) is 4.74 Å². The van der Waals surface area contributed by atoms with E-state index in [1.54, 1.807) is 6.92 Å². The molecule has 7 heteroatoms. The second kappa shape index (κ2) is 5.59. The maximum absolute atomic E-state index is 12.8. The first-order chi connectivity index (χ1) is 9.88. The number of hydrogen-bond donors (Lipinski definition) is 1. The standard InChI is InChI=1S/C14H13F3N2O2/c1-3-21-13(20)10-7-19-11-5-4-8(14(15,16)17)6-9(11)12(10)18-2/h4-7H,3H2,1-2H3,(H,18,19). The zero-order valence-corrected chi connectivity index (χ0v) is 11.4. The second-order valence-corrected chi connectivity index (χ2v) is 4.25. The van der Waals surface area contributed by atoms with Gasteiger partial charge in [-0.1, -0.05) is 0 Å². The minimum Gasteiger partial charge on any atom is -0.462 e. The molecule has 0 aliphatic rings. The summed E-state index contributed by atoms with van der Waals surface area (Å²) in [6, 6.07) is 3.20. The van der Waals surface area contributed by atoms with Crippen LogP contribution in [0.25, 0.3) is 10.9 Å². The smallest absolute Gasteiger partial charge is 0.416 e. The number of nitrogens with one attached hydrogen (secondary N) is 1. The molecule has 0 spiro atoms. The summed E-state index contributed by atoms with van der Waals surface area (Å²) in [5.74, 6) is -0.631. The normalized spacial score (nSPS) is 11.5. The zero-order chi connectivity index (χ0) is 15.6. The molecule has 0 aliphatic heterocycles. The van der Waals surface area contributed by atoms with Crippen LogP contribution in [-0.4, -0.2) is 24.6 Å². The van der Waals surface area contributed by atoms with Crippen LogP contribution in [0, 0.1) is 0 Å². The van der Waals surface area contributed by atoms with Gasteiger partial charge in [0.05, 0.1) is 23.4 Å². The average Bonchev–Trinajstić information content (AvgIpc) is 2.44. The lowest BCUT2D eigenvalue weighted by Gasteiger charge is -2.13. The van der Waals surface area contributed by atoms with Gasteiger partial charge in [0.15, 0.2) is 0 Å². The van der Waals surface area contributed by atoms with Crippen LogP contribution in [0.2, 0.25) is 0 Å². The van der Waals surface area contributed by atoms with Gasteiger partial charge in [0.2, 0.25) is 0 Å². The minimum absolute atomic E-state index is 0.103. The first kappa shape index (κ1) is 15.1. The van der Waals surface area contributed by atoms with Gasteiger partial charge in [-0.25, -0.2) is 4.79 Å². The number of esters is 1. The van der Waals surface area contributed by atoms with Crippen molar-refractivity contribution in [2.45, 2.75) is 13.1 Å². The van der Waals surface area contributed by atoms with E-state index in [9.17, 15) is 18.0 Å². The molecule has 0 atom stereocenters. The highest BCUT2D eigenvalue weighted by molar-refractivity contribution is 6.05. The lowest BCUT2D eigenvalue weighted by atomic mass is 10.1. The van der Waals surface area contributed by atoms with E-state index in [0.29, 0.717) is 5.52 Å². The van der Waals surface area contributed by atoms with Gasteiger partial charge in [-0.2, -0.15) is 13.2 Å². The summed E-state index contributed by atoms with van der Waals surface area (Å²) in [5, 5.41) is 2.97. The van der Waals surface area contributed by atoms with Gasteiger partial charge in [0, 0.05) is 18.6 Å². The van der Waals surface area contributed by atoms with Gasteiger partial charge in [-0.3, -0.25) is 4.98 Å². The van der Waals surface area contributed by atoms with Crippen molar-refractivity contribution in [3.8, 4) is 0 Å². The number of alkyl halides is 3. The van der Waals surface area contributed by atoms with E-state index < -0.39 is 17.7 Å². The Balaban J connectivity index is 2.67. The summed E-state index contributed by atoms with van der Waals surface area (Å²) in [4.78, 5) is 15.8. The number of nitrogens with zero attached hydrogens (tertiary/aromatic N) is 1. The molecule has 1 aromatic heterocycles. The summed E-state index contributed by atoms with van der Waals surface area (Å²) in [6.45, 7) is 1.82. The Morgan fingerprint density at radius 1 is 1.38 bits per heavy atom. The Kier molecular flexibility index (Phi) is 4.02. The Morgan fingerprint density at radius 2 is 2.10 bits per heavy atom. The molecule has 0 amide bonds. The monoisotopic (exact) mass is 298 g/mol. The molecule has 0 aliphatic carbocycles. The van der Waals surface area contributed by atoms with E-state index in [2.05, 4.69) is 10.3 Å². The van der Waals surface area contributed by atoms with E-state index in [-0.39, 0.29) is 23.2 Å². The summed E-state index contributed by atoms with van der Waals surface area (Å²) in [6.07, 6.45) is -3.17. The fourth-order valence-corrected chi connectivity index (χ4v) is 2.00. The molecule has 1 heterocycles. The van der Waals surface area contributed by atoms with Crippen LogP contribution in [0.1, 0.15) is 22.8 Å². The maximum Gasteiger partial charge on any atom is 0.416 e. The van der Waals surface area contributed by atoms with E-state index >= 15 is 0 Å². The number of ether oxygens (including phenoxy) is 1. The Morgan fingerprint density at radius 3 is 2.67 bits per heavy atom. The molecule has 112 valence electrons. The molecule has 0 unspecified atom stereocenters. The fraction of sp³-hybridized carbons (Fsp3) is 0.286. The third-order valence-corrected chi connectivity index (χ3v) is 2.94. The number of halogens is 3. The summed E-state index contributed by atoms with van der Waals surface area (Å²) in [5.41, 5.74) is -0.0644. The van der Waals surface area contributed by atoms with Crippen molar-refractivity contribution in [3.63, 3.8) is 0 Å². The van der Waals surface area contributed by atoms with Gasteiger partial charge in [0.1, 0.15) is 5.56 Å². The zero-order valence-electron chi connectivity index (χ0n) is 11.4. The largest absolute Gasteiger partial charge is 0.462 e. The first-order valence-electron chi connectivity index (χ1n) is 6.23. The number of anilines is 1. The third kappa shape index (κ3) is 2.91. The molecule has 2 rings (SSSR count). The molecule has 2 aromatic rings. The molecular weight excluding hydrogens is 285 g/mol. The van der Waals surface area contributed by atoms with Gasteiger partial charge < -0.3 is 10.1 Å². The second-order valence-electron chi connectivity index (χ2n) is 4.25. The van der Waals surface area contributed by atoms with Crippen LogP contribution in [0.3, 0.4) is 0 Å². The number of fused-ring (bicyclic) bond motifs is 1. The average molecular weight is 298 g/mol. The Bertz CT molecular complexity index is 684. The maximum atomic E-state index is 12.8. The molecule has 4 nitrogen and oxygen atoms in total. The molecule has 0 bridgehead atoms. The lowest BCUT2D eigenvalue weighted by molar-refractivity contribution is -0.137. The molecule has 0 saturated heterocycles. The number of pyridine rings is 1. The van der Waals surface area contributed by atoms with Crippen molar-refractivity contribution in [1.29, 1.82) is 0 Å². The molecule has 1 N–H and O–H groups in total. The minimum atomic E-state index is -4.46. The van der Waals surface area contributed by atoms with Crippen LogP contribution in [0.15, 0.2) is 24.4 Å². The predicted molar refractivity (Wildman–Crippen MR) is 72.2 cm³/mol. The number of carbonyl (C=O) groups is 1. The van der Waals surface area contributed by atoms with Crippen LogP contribution >= 0.6 is 0 Å². The van der Waals surface area contributed by atoms with Crippen molar-refractivity contribution in [3.05, 3.63) is 35.5 Å². The third-order valence-electron chi connectivity index (χ3n) is 2.94. The Hall–Kier alpha value is -2.31. The lowest BCUT2D eigenvalue weighted by Crippen LogP contribution is -2.10. The SMILES string of the molecule is CCOC(=O)c1cnc2ccc(C(F)(F)F)cc2c1NC. The summed E-state index contributed by atoms with van der Waals surface area (Å²) >= 11 is 0. The Labute approximate surface area is 118 Å². The molecule has 0 fully saturated rings. The van der Waals surface area contributed by atoms with Crippen LogP contribution < -0.4 is 5.32 Å². The van der Waals surface area contributed by atoms with Gasteiger partial charge >= 0.3 is 12.1 Å². The van der Waals surface area contributed by atoms with Crippen molar-refractivity contribution < 1.29 is 22.7 Å². The summed E-state index contributed by atoms with van der Waals surface area (Å²) < 4.78 is 43.3. The molecule has 1 aromatic carbocycles. The van der Waals surface area contributed by atoms with Crippen molar-refractivity contribution >= 4 is 22.6 Å². The molecular formula is C14H13F3N2O2. The van der Waals surface area contributed by atoms with Gasteiger partial charge in [-0.15, -0.1) is 0 Å².